The van der Waals surface area contributed by atoms with Crippen molar-refractivity contribution in [3.05, 3.63) is 33.8 Å². The predicted octanol–water partition coefficient (Wildman–Crippen LogP) is 3.02. The predicted molar refractivity (Wildman–Crippen MR) is 78.8 cm³/mol. The van der Waals surface area contributed by atoms with E-state index in [-0.39, 0.29) is 0 Å². The van der Waals surface area contributed by atoms with E-state index in [1.807, 2.05) is 36.1 Å². The van der Waals surface area contributed by atoms with Crippen LogP contribution in [0.4, 0.5) is 0 Å². The van der Waals surface area contributed by atoms with Crippen molar-refractivity contribution < 1.29 is 9.47 Å². The van der Waals surface area contributed by atoms with Gasteiger partial charge in [0.25, 0.3) is 0 Å². The number of hydrogen-bond acceptors (Lipinski definition) is 5. The van der Waals surface area contributed by atoms with Gasteiger partial charge < -0.3 is 9.47 Å². The van der Waals surface area contributed by atoms with E-state index in [0.29, 0.717) is 13.2 Å². The summed E-state index contributed by atoms with van der Waals surface area (Å²) in [6, 6.07) is 4.31. The van der Waals surface area contributed by atoms with Crippen LogP contribution in [0.15, 0.2) is 18.3 Å². The topological polar surface area (TPSA) is 49.2 Å². The van der Waals surface area contributed by atoms with E-state index >= 15 is 0 Å². The van der Waals surface area contributed by atoms with Crippen LogP contribution in [0.1, 0.15) is 42.5 Å². The van der Waals surface area contributed by atoms with Crippen LogP contribution in [0.5, 0.6) is 0 Å². The summed E-state index contributed by atoms with van der Waals surface area (Å²) < 4.78 is 12.9. The lowest BCUT2D eigenvalue weighted by molar-refractivity contribution is -0.142. The molecule has 0 saturated heterocycles. The van der Waals surface area contributed by atoms with Gasteiger partial charge in [-0.2, -0.15) is 0 Å². The van der Waals surface area contributed by atoms with E-state index in [0.717, 1.165) is 18.7 Å². The van der Waals surface area contributed by atoms with Crippen LogP contribution < -0.4 is 0 Å². The number of aromatic nitrogens is 3. The fourth-order valence-electron chi connectivity index (χ4n) is 1.88. The molecular weight excluding hydrogens is 274 g/mol. The Morgan fingerprint density at radius 2 is 1.85 bits per heavy atom. The molecule has 0 N–H and O–H groups in total. The summed E-state index contributed by atoms with van der Waals surface area (Å²) in [5.74, 6) is 0. The van der Waals surface area contributed by atoms with Crippen LogP contribution in [0.25, 0.3) is 0 Å². The van der Waals surface area contributed by atoms with Gasteiger partial charge in [0.05, 0.1) is 12.7 Å². The molecule has 6 heteroatoms. The van der Waals surface area contributed by atoms with Crippen LogP contribution in [-0.4, -0.2) is 28.2 Å². The molecule has 0 saturated carbocycles. The summed E-state index contributed by atoms with van der Waals surface area (Å²) in [6.07, 6.45) is 2.54. The molecule has 2 rings (SSSR count). The largest absolute Gasteiger partial charge is 0.347 e. The van der Waals surface area contributed by atoms with Crippen LogP contribution in [0.2, 0.25) is 0 Å². The SMILES string of the molecule is CCOC(OCC)c1cn(Cc2ccc(CC)s2)nn1. The van der Waals surface area contributed by atoms with Crippen molar-refractivity contribution in [3.63, 3.8) is 0 Å². The third-order valence-corrected chi connectivity index (χ3v) is 4.03. The van der Waals surface area contributed by atoms with E-state index in [1.54, 1.807) is 0 Å². The first kappa shape index (κ1) is 15.2. The number of hydrogen-bond donors (Lipinski definition) is 0. The lowest BCUT2D eigenvalue weighted by Crippen LogP contribution is -2.09. The Bertz CT molecular complexity index is 518. The van der Waals surface area contributed by atoms with E-state index in [9.17, 15) is 0 Å². The molecule has 110 valence electrons. The second-order valence-electron chi connectivity index (χ2n) is 4.31. The maximum atomic E-state index is 5.52. The van der Waals surface area contributed by atoms with Gasteiger partial charge in [0.2, 0.25) is 6.29 Å². The van der Waals surface area contributed by atoms with Gasteiger partial charge in [0, 0.05) is 23.0 Å². The van der Waals surface area contributed by atoms with Crippen molar-refractivity contribution in [3.8, 4) is 0 Å². The molecule has 20 heavy (non-hydrogen) atoms. The zero-order valence-electron chi connectivity index (χ0n) is 12.2. The average Bonchev–Trinajstić information content (AvgIpc) is 3.08. The summed E-state index contributed by atoms with van der Waals surface area (Å²) in [5.41, 5.74) is 0.723. The van der Waals surface area contributed by atoms with Gasteiger partial charge in [0.15, 0.2) is 0 Å². The minimum absolute atomic E-state index is 0.423. The lowest BCUT2D eigenvalue weighted by Gasteiger charge is -2.13. The summed E-state index contributed by atoms with van der Waals surface area (Å²) >= 11 is 1.81. The van der Waals surface area contributed by atoms with E-state index in [1.165, 1.54) is 9.75 Å². The molecule has 0 radical (unpaired) electrons. The summed E-state index contributed by atoms with van der Waals surface area (Å²) in [5, 5.41) is 8.29. The number of rotatable bonds is 8. The molecule has 0 amide bonds. The van der Waals surface area contributed by atoms with Gasteiger partial charge >= 0.3 is 0 Å². The lowest BCUT2D eigenvalue weighted by atomic mass is 10.3. The van der Waals surface area contributed by atoms with E-state index < -0.39 is 6.29 Å². The van der Waals surface area contributed by atoms with E-state index in [4.69, 9.17) is 9.47 Å². The molecule has 2 aromatic heterocycles. The van der Waals surface area contributed by atoms with Crippen LogP contribution in [0, 0.1) is 0 Å². The number of ether oxygens (including phenoxy) is 2. The Morgan fingerprint density at radius 3 is 2.45 bits per heavy atom. The van der Waals surface area contributed by atoms with Gasteiger partial charge in [0.1, 0.15) is 5.69 Å². The average molecular weight is 295 g/mol. The highest BCUT2D eigenvalue weighted by Crippen LogP contribution is 2.19. The van der Waals surface area contributed by atoms with E-state index in [2.05, 4.69) is 29.4 Å². The molecule has 2 heterocycles. The normalized spacial score (nSPS) is 11.4. The first-order valence-corrected chi connectivity index (χ1v) is 7.79. The molecule has 0 aliphatic carbocycles. The Balaban J connectivity index is 2.03. The molecule has 0 unspecified atom stereocenters. The first-order chi connectivity index (χ1) is 9.76. The fraction of sp³-hybridized carbons (Fsp3) is 0.571. The van der Waals surface area contributed by atoms with Crippen molar-refractivity contribution in [1.29, 1.82) is 0 Å². The Kier molecular flexibility index (Phi) is 5.70. The van der Waals surface area contributed by atoms with Gasteiger partial charge in [-0.25, -0.2) is 4.68 Å². The molecule has 2 aromatic rings. The highest BCUT2D eigenvalue weighted by molar-refractivity contribution is 7.11. The van der Waals surface area contributed by atoms with Crippen molar-refractivity contribution in [2.24, 2.45) is 0 Å². The second kappa shape index (κ2) is 7.52. The van der Waals surface area contributed by atoms with Crippen molar-refractivity contribution in [2.45, 2.75) is 40.0 Å². The summed E-state index contributed by atoms with van der Waals surface area (Å²) in [7, 11) is 0. The van der Waals surface area contributed by atoms with Gasteiger partial charge in [-0.05, 0) is 32.4 Å². The second-order valence-corrected chi connectivity index (χ2v) is 5.56. The molecule has 0 fully saturated rings. The Morgan fingerprint density at radius 1 is 1.15 bits per heavy atom. The van der Waals surface area contributed by atoms with Gasteiger partial charge in [-0.1, -0.05) is 12.1 Å². The highest BCUT2D eigenvalue weighted by atomic mass is 32.1. The third kappa shape index (κ3) is 3.88. The third-order valence-electron chi connectivity index (χ3n) is 2.82. The molecule has 0 bridgehead atoms. The monoisotopic (exact) mass is 295 g/mol. The Hall–Kier alpha value is -1.24. The van der Waals surface area contributed by atoms with Crippen molar-refractivity contribution >= 4 is 11.3 Å². The van der Waals surface area contributed by atoms with Crippen LogP contribution in [0.3, 0.4) is 0 Å². The molecule has 0 aliphatic heterocycles. The van der Waals surface area contributed by atoms with Gasteiger partial charge in [-0.3, -0.25) is 0 Å². The molecule has 0 spiro atoms. The number of aryl methyl sites for hydroxylation is 1. The number of nitrogens with zero attached hydrogens (tertiary/aromatic N) is 3. The zero-order valence-corrected chi connectivity index (χ0v) is 13.0. The maximum Gasteiger partial charge on any atom is 0.204 e. The Labute approximate surface area is 123 Å². The molecule has 0 aromatic carbocycles. The minimum Gasteiger partial charge on any atom is -0.347 e. The fourth-order valence-corrected chi connectivity index (χ4v) is 2.83. The number of thiophene rings is 1. The zero-order chi connectivity index (χ0) is 14.4. The summed E-state index contributed by atoms with van der Waals surface area (Å²) in [6.45, 7) is 7.95. The minimum atomic E-state index is -0.423. The van der Waals surface area contributed by atoms with Crippen molar-refractivity contribution in [2.75, 3.05) is 13.2 Å². The molecule has 0 aliphatic rings. The first-order valence-electron chi connectivity index (χ1n) is 6.97. The van der Waals surface area contributed by atoms with Crippen LogP contribution >= 0.6 is 11.3 Å². The smallest absolute Gasteiger partial charge is 0.204 e. The quantitative estimate of drug-likeness (QED) is 0.702. The standard InChI is InChI=1S/C14H21N3O2S/c1-4-11-7-8-12(20-11)9-17-10-13(15-16-17)14(18-5-2)19-6-3/h7-8,10,14H,4-6,9H2,1-3H3. The molecule has 0 atom stereocenters. The van der Waals surface area contributed by atoms with Gasteiger partial charge in [-0.15, -0.1) is 16.4 Å². The maximum absolute atomic E-state index is 5.52. The summed E-state index contributed by atoms with van der Waals surface area (Å²) in [4.78, 5) is 2.67. The highest BCUT2D eigenvalue weighted by Gasteiger charge is 2.15. The molecular formula is C14H21N3O2S. The van der Waals surface area contributed by atoms with Crippen LogP contribution in [-0.2, 0) is 22.4 Å². The van der Waals surface area contributed by atoms with Crippen molar-refractivity contribution in [1.82, 2.24) is 15.0 Å². The molecule has 5 nitrogen and oxygen atoms in total.